The average Bonchev–Trinajstić information content (AvgIpc) is 3.98. The molecule has 0 aliphatic heterocycles. The van der Waals surface area contributed by atoms with E-state index in [2.05, 4.69) is 140 Å². The third-order valence-corrected chi connectivity index (χ3v) is 8.58. The van der Waals surface area contributed by atoms with Gasteiger partial charge >= 0.3 is 21.1 Å². The maximum atomic E-state index is 5.55. The van der Waals surface area contributed by atoms with Gasteiger partial charge in [-0.2, -0.15) is 0 Å². The Balaban J connectivity index is 0.000000139. The summed E-state index contributed by atoms with van der Waals surface area (Å²) in [6.07, 6.45) is 6.81. The molecule has 0 unspecified atom stereocenters. The van der Waals surface area contributed by atoms with E-state index in [9.17, 15) is 0 Å². The Kier molecular flexibility index (Phi) is 8.00. The van der Waals surface area contributed by atoms with E-state index in [1.54, 1.807) is 37.1 Å². The molecule has 0 N–H and O–H groups in total. The normalized spacial score (nSPS) is 11.1. The van der Waals surface area contributed by atoms with E-state index in [-0.39, 0.29) is 21.1 Å². The Labute approximate surface area is 296 Å². The molecule has 0 radical (unpaired) electrons. The summed E-state index contributed by atoms with van der Waals surface area (Å²) in [4.78, 5) is 9.09. The van der Waals surface area contributed by atoms with Gasteiger partial charge in [0.2, 0.25) is 0 Å². The molecule has 0 atom stereocenters. The first-order valence-electron chi connectivity index (χ1n) is 15.6. The number of para-hydroxylation sites is 4. The van der Waals surface area contributed by atoms with Crippen LogP contribution in [-0.4, -0.2) is 19.1 Å². The number of pyridine rings is 2. The van der Waals surface area contributed by atoms with E-state index in [0.29, 0.717) is 11.5 Å². The molecular formula is C42H26N4O2Pt. The van der Waals surface area contributed by atoms with Gasteiger partial charge in [0.15, 0.2) is 0 Å². The second-order valence-electron chi connectivity index (χ2n) is 11.3. The van der Waals surface area contributed by atoms with Crippen LogP contribution < -0.4 is 0 Å². The van der Waals surface area contributed by atoms with E-state index in [1.807, 2.05) is 12.1 Å². The van der Waals surface area contributed by atoms with Crippen molar-refractivity contribution in [3.63, 3.8) is 0 Å². The Morgan fingerprint density at radius 3 is 1.10 bits per heavy atom. The number of rotatable bonds is 4. The summed E-state index contributed by atoms with van der Waals surface area (Å²) in [5.74, 6) is 1.29. The van der Waals surface area contributed by atoms with Crippen LogP contribution in [0.5, 0.6) is 0 Å². The van der Waals surface area contributed by atoms with Crippen molar-refractivity contribution in [3.05, 3.63) is 171 Å². The van der Waals surface area contributed by atoms with Crippen LogP contribution in [0.4, 0.5) is 0 Å². The largest absolute Gasteiger partial charge is 2.00 e. The van der Waals surface area contributed by atoms with Gasteiger partial charge < -0.3 is 27.9 Å². The molecule has 10 rings (SSSR count). The summed E-state index contributed by atoms with van der Waals surface area (Å²) in [6.45, 7) is 0. The molecule has 49 heavy (non-hydrogen) atoms. The zero-order valence-corrected chi connectivity index (χ0v) is 28.2. The van der Waals surface area contributed by atoms with Crippen molar-refractivity contribution in [1.29, 1.82) is 0 Å². The van der Waals surface area contributed by atoms with Crippen molar-refractivity contribution < 1.29 is 29.9 Å². The van der Waals surface area contributed by atoms with Gasteiger partial charge in [-0.15, -0.1) is 24.3 Å². The molecule has 6 nitrogen and oxygen atoms in total. The quantitative estimate of drug-likeness (QED) is 0.166. The van der Waals surface area contributed by atoms with Crippen LogP contribution in [0.2, 0.25) is 0 Å². The number of fused-ring (bicyclic) bond motifs is 6. The predicted octanol–water partition coefficient (Wildman–Crippen LogP) is 10.5. The molecule has 10 aromatic rings. The maximum absolute atomic E-state index is 5.55. The maximum Gasteiger partial charge on any atom is 2.00 e. The van der Waals surface area contributed by atoms with Gasteiger partial charge in [-0.05, 0) is 61.1 Å². The smallest absolute Gasteiger partial charge is 0.545 e. The standard InChI is InChI=1S/2C21H13N2O.Pt/c2*1-3-9-17-15(7-1)16-8-2-4-10-18(16)23(17)19-11-5-13-22-21(19)20-12-6-14-24-20;/h2*1-11,13-14H;/q2*-1;+2. The molecule has 0 saturated carbocycles. The van der Waals surface area contributed by atoms with Crippen LogP contribution in [-0.2, 0) is 21.1 Å². The molecule has 0 spiro atoms. The number of hydrogen-bond acceptors (Lipinski definition) is 4. The number of furan rings is 2. The van der Waals surface area contributed by atoms with Crippen molar-refractivity contribution >= 4 is 43.6 Å². The van der Waals surface area contributed by atoms with Gasteiger partial charge in [0.25, 0.3) is 0 Å². The van der Waals surface area contributed by atoms with E-state index < -0.39 is 0 Å². The second kappa shape index (κ2) is 12.9. The van der Waals surface area contributed by atoms with Crippen LogP contribution in [0.15, 0.2) is 167 Å². The minimum Gasteiger partial charge on any atom is -0.545 e. The SMILES string of the molecule is [Pt+2].[c-]1ccoc1-c1ncccc1-n1c2ccccc2c2ccccc21.[c-]1ccoc1-c1ncccc1-n1c2ccccc2c2ccccc21. The average molecular weight is 814 g/mol. The molecule has 0 amide bonds. The van der Waals surface area contributed by atoms with E-state index in [4.69, 9.17) is 8.83 Å². The molecule has 0 aliphatic rings. The summed E-state index contributed by atoms with van der Waals surface area (Å²) >= 11 is 0. The van der Waals surface area contributed by atoms with E-state index in [1.165, 1.54) is 21.5 Å². The Morgan fingerprint density at radius 1 is 0.429 bits per heavy atom. The molecule has 0 saturated heterocycles. The molecule has 6 heterocycles. The first-order chi connectivity index (χ1) is 23.9. The Hall–Kier alpha value is -5.97. The molecule has 6 aromatic heterocycles. The molecule has 4 aromatic carbocycles. The fourth-order valence-corrected chi connectivity index (χ4v) is 6.61. The Bertz CT molecular complexity index is 2390. The first kappa shape index (κ1) is 30.4. The first-order valence-corrected chi connectivity index (χ1v) is 15.6. The van der Waals surface area contributed by atoms with Crippen molar-refractivity contribution in [2.75, 3.05) is 0 Å². The van der Waals surface area contributed by atoms with Crippen LogP contribution >= 0.6 is 0 Å². The van der Waals surface area contributed by atoms with Crippen molar-refractivity contribution in [3.8, 4) is 34.3 Å². The number of benzene rings is 4. The third-order valence-electron chi connectivity index (χ3n) is 8.58. The minimum atomic E-state index is 0. The second-order valence-corrected chi connectivity index (χ2v) is 11.3. The monoisotopic (exact) mass is 813 g/mol. The Morgan fingerprint density at radius 2 is 0.776 bits per heavy atom. The predicted molar refractivity (Wildman–Crippen MR) is 190 cm³/mol. The summed E-state index contributed by atoms with van der Waals surface area (Å²) in [5, 5.41) is 4.91. The molecule has 0 bridgehead atoms. The van der Waals surface area contributed by atoms with E-state index in [0.717, 1.165) is 44.8 Å². The van der Waals surface area contributed by atoms with Gasteiger partial charge in [0.1, 0.15) is 0 Å². The third kappa shape index (κ3) is 5.18. The number of nitrogens with zero attached hydrogens (tertiary/aromatic N) is 4. The molecule has 0 fully saturated rings. The van der Waals surface area contributed by atoms with Crippen molar-refractivity contribution in [2.45, 2.75) is 0 Å². The summed E-state index contributed by atoms with van der Waals surface area (Å²) in [5.41, 5.74) is 8.16. The van der Waals surface area contributed by atoms with Gasteiger partial charge in [0.05, 0.1) is 22.1 Å². The van der Waals surface area contributed by atoms with Gasteiger partial charge in [-0.25, -0.2) is 0 Å². The molecule has 0 aliphatic carbocycles. The zero-order chi connectivity index (χ0) is 31.9. The fraction of sp³-hybridized carbons (Fsp3) is 0. The fourth-order valence-electron chi connectivity index (χ4n) is 6.61. The van der Waals surface area contributed by atoms with Crippen LogP contribution in [0.3, 0.4) is 0 Å². The van der Waals surface area contributed by atoms with Crippen molar-refractivity contribution in [2.24, 2.45) is 0 Å². The number of aromatic nitrogens is 4. The zero-order valence-electron chi connectivity index (χ0n) is 25.9. The molecular weight excluding hydrogens is 788 g/mol. The minimum absolute atomic E-state index is 0. The van der Waals surface area contributed by atoms with Crippen molar-refractivity contribution in [1.82, 2.24) is 19.1 Å². The van der Waals surface area contributed by atoms with E-state index >= 15 is 0 Å². The summed E-state index contributed by atoms with van der Waals surface area (Å²) in [7, 11) is 0. The summed E-state index contributed by atoms with van der Waals surface area (Å²) < 4.78 is 15.6. The van der Waals surface area contributed by atoms with Gasteiger partial charge in [-0.3, -0.25) is 0 Å². The van der Waals surface area contributed by atoms with Crippen LogP contribution in [0.25, 0.3) is 77.9 Å². The summed E-state index contributed by atoms with van der Waals surface area (Å²) in [6, 6.07) is 51.5. The number of hydrogen-bond donors (Lipinski definition) is 0. The van der Waals surface area contributed by atoms with Gasteiger partial charge in [-0.1, -0.05) is 72.8 Å². The van der Waals surface area contributed by atoms with Crippen LogP contribution in [0, 0.1) is 12.1 Å². The molecule has 7 heteroatoms. The van der Waals surface area contributed by atoms with Crippen LogP contribution in [0.1, 0.15) is 0 Å². The van der Waals surface area contributed by atoms with Gasteiger partial charge in [0, 0.05) is 68.2 Å². The topological polar surface area (TPSA) is 61.9 Å². The molecule has 236 valence electrons.